The minimum absolute atomic E-state index is 0.920. The predicted molar refractivity (Wildman–Crippen MR) is 208 cm³/mol. The maximum absolute atomic E-state index is 13.0. The summed E-state index contributed by atoms with van der Waals surface area (Å²) >= 11 is 0. The number of ether oxygens (including phenoxy) is 9. The fraction of sp³-hybridized carbons (Fsp3) is 0.919. The lowest BCUT2D eigenvalue weighted by Crippen LogP contribution is -2.71. The number of rotatable bonds is 19. The second-order valence-corrected chi connectivity index (χ2v) is 16.9. The molecule has 2 amide bonds. The van der Waals surface area contributed by atoms with Crippen molar-refractivity contribution in [3.63, 3.8) is 0 Å². The van der Waals surface area contributed by atoms with Gasteiger partial charge in [0.2, 0.25) is 11.8 Å². The zero-order valence-electron chi connectivity index (χ0n) is 36.3. The molecular weight excluding hydrogens is 952 g/mol. The Kier molecular flexibility index (Phi) is 20.2. The first-order valence-corrected chi connectivity index (χ1v) is 21.4. The molecule has 5 aliphatic heterocycles. The molecular formula is C37H62N2O30. The van der Waals surface area contributed by atoms with Crippen LogP contribution in [0.1, 0.15) is 13.3 Å². The van der Waals surface area contributed by atoms with Crippen molar-refractivity contribution in [3.8, 4) is 0 Å². The molecule has 5 rings (SSSR count). The third-order valence-corrected chi connectivity index (χ3v) is 12.2. The van der Waals surface area contributed by atoms with Gasteiger partial charge in [0.1, 0.15) is 123 Å². The highest BCUT2D eigenvalue weighted by atomic mass is 16.8. The molecule has 0 unspecified atom stereocenters. The summed E-state index contributed by atoms with van der Waals surface area (Å²) < 4.78 is 50.6. The smallest absolute Gasteiger partial charge is 0.364 e. The zero-order valence-corrected chi connectivity index (χ0v) is 36.3. The van der Waals surface area contributed by atoms with E-state index in [1.807, 2.05) is 0 Å². The molecule has 0 aromatic carbocycles. The van der Waals surface area contributed by atoms with E-state index in [2.05, 4.69) is 10.6 Å². The Morgan fingerprint density at radius 3 is 1.59 bits per heavy atom. The molecule has 0 saturated carbocycles. The topological polar surface area (TPSA) is 522 Å². The minimum atomic E-state index is -3.26. The van der Waals surface area contributed by atoms with Crippen LogP contribution in [0.5, 0.6) is 0 Å². The standard InChI is InChI=1S/C37H62N2O30/c1-9(46)38-18-28(20(51)12(4-41)62-33(18)67-30-21(52)13(5-42)63-34(25(30)56)65-27-15(7-44)61-32(58)24(55)23(27)54)66-35-26(57)31(22(53)14(6-43)64-35)69-37(36(59)60)2-10(47)17(39-16(49)8-45)29(68-37)19(50)11(48)3-40/h10-15,17-35,40-45,47-48,50-58H,2-8H2,1H3,(H,38,46)(H,39,49)(H,59,60)/t10-,11+,12+,13+,14+,15+,17+,18+,19+,20+,21-,22-,23+,24+,25+,26+,27+,28+,29+,30-,31-,32+,33-,34-,35-,37-/m0/s1. The first-order chi connectivity index (χ1) is 32.5. The van der Waals surface area contributed by atoms with Crippen molar-refractivity contribution in [3.05, 3.63) is 0 Å². The highest BCUT2D eigenvalue weighted by Crippen LogP contribution is 2.39. The summed E-state index contributed by atoms with van der Waals surface area (Å²) in [4.78, 5) is 37.8. The SMILES string of the molecule is CC(=O)N[C@H]1[C@H](O[C@H]2[C@@H](O)[C@@H](CO)O[C@@H](O[C@H]3[C@H](O)[C@@H](O)[C@H](O)O[C@@H]3CO)[C@@H]2O)O[C@H](CO)[C@@H](O)[C@@H]1O[C@@H]1O[C@H](CO)[C@H](O)[C@H](O[C@]2(C(=O)O)C[C@H](O)[C@@H](NC(=O)CO)[C@H]([C@H](O)[C@H](O)CO)O2)[C@H]1O. The van der Waals surface area contributed by atoms with E-state index < -0.39 is 223 Å². The highest BCUT2D eigenvalue weighted by Gasteiger charge is 2.61. The lowest BCUT2D eigenvalue weighted by molar-refractivity contribution is -0.389. The number of nitrogens with one attached hydrogen (secondary N) is 2. The third-order valence-electron chi connectivity index (χ3n) is 12.2. The van der Waals surface area contributed by atoms with Crippen LogP contribution in [0.3, 0.4) is 0 Å². The number of hydrogen-bond acceptors (Lipinski definition) is 29. The monoisotopic (exact) mass is 1010 g/mol. The number of carbonyl (C=O) groups excluding carboxylic acids is 2. The largest absolute Gasteiger partial charge is 0.477 e. The molecule has 32 heteroatoms. The number of hydrogen-bond donors (Lipinski definition) is 20. The number of aliphatic carboxylic acids is 1. The number of carbonyl (C=O) groups is 3. The molecule has 5 aliphatic rings. The summed E-state index contributed by atoms with van der Waals surface area (Å²) in [5.74, 6) is -7.47. The molecule has 5 fully saturated rings. The van der Waals surface area contributed by atoms with Crippen LogP contribution in [-0.2, 0) is 57.0 Å². The Morgan fingerprint density at radius 1 is 0.594 bits per heavy atom. The van der Waals surface area contributed by atoms with Gasteiger partial charge >= 0.3 is 5.97 Å². The van der Waals surface area contributed by atoms with Crippen LogP contribution in [0.4, 0.5) is 0 Å². The van der Waals surface area contributed by atoms with E-state index in [0.717, 1.165) is 6.92 Å². The van der Waals surface area contributed by atoms with Gasteiger partial charge in [0.05, 0.1) is 45.2 Å². The van der Waals surface area contributed by atoms with Crippen molar-refractivity contribution in [1.29, 1.82) is 0 Å². The summed E-state index contributed by atoms with van der Waals surface area (Å²) in [6, 6.07) is -3.68. The fourth-order valence-electron chi connectivity index (χ4n) is 8.53. The van der Waals surface area contributed by atoms with Gasteiger partial charge < -0.3 is 145 Å². The van der Waals surface area contributed by atoms with E-state index in [1.54, 1.807) is 0 Å². The number of carboxylic acids is 1. The third kappa shape index (κ3) is 12.3. The van der Waals surface area contributed by atoms with Crippen molar-refractivity contribution in [1.82, 2.24) is 10.6 Å². The predicted octanol–water partition coefficient (Wildman–Crippen LogP) is -13.5. The van der Waals surface area contributed by atoms with E-state index in [4.69, 9.17) is 42.6 Å². The van der Waals surface area contributed by atoms with Gasteiger partial charge in [-0.15, -0.1) is 0 Å². The molecule has 0 spiro atoms. The van der Waals surface area contributed by atoms with Crippen molar-refractivity contribution in [2.24, 2.45) is 0 Å². The fourth-order valence-corrected chi connectivity index (χ4v) is 8.53. The highest BCUT2D eigenvalue weighted by molar-refractivity contribution is 5.78. The number of amides is 2. The van der Waals surface area contributed by atoms with Crippen LogP contribution in [0.2, 0.25) is 0 Å². The Labute approximate surface area is 389 Å². The normalized spacial score (nSPS) is 46.1. The average Bonchev–Trinajstić information content (AvgIpc) is 3.32. The van der Waals surface area contributed by atoms with Crippen molar-refractivity contribution in [2.75, 3.05) is 39.6 Å². The summed E-state index contributed by atoms with van der Waals surface area (Å²) in [7, 11) is 0. The molecule has 0 aromatic heterocycles. The number of aliphatic hydroxyl groups is 17. The summed E-state index contributed by atoms with van der Waals surface area (Å²) in [6.45, 7) is -5.56. The lowest BCUT2D eigenvalue weighted by atomic mass is 9.88. The van der Waals surface area contributed by atoms with Crippen molar-refractivity contribution < 1.29 is 149 Å². The molecule has 32 nitrogen and oxygen atoms in total. The van der Waals surface area contributed by atoms with E-state index in [9.17, 15) is 106 Å². The van der Waals surface area contributed by atoms with Crippen LogP contribution in [0.15, 0.2) is 0 Å². The molecule has 5 saturated heterocycles. The quantitative estimate of drug-likeness (QED) is 0.0571. The maximum atomic E-state index is 13.0. The van der Waals surface area contributed by atoms with Gasteiger partial charge in [0, 0.05) is 13.3 Å². The molecule has 5 heterocycles. The average molecular weight is 1010 g/mol. The van der Waals surface area contributed by atoms with Gasteiger partial charge in [0.15, 0.2) is 25.2 Å². The van der Waals surface area contributed by atoms with E-state index in [0.29, 0.717) is 0 Å². The minimum Gasteiger partial charge on any atom is -0.477 e. The van der Waals surface area contributed by atoms with Gasteiger partial charge in [-0.1, -0.05) is 0 Å². The summed E-state index contributed by atoms with van der Waals surface area (Å²) in [5.41, 5.74) is 0. The molecule has 0 radical (unpaired) electrons. The zero-order chi connectivity index (χ0) is 51.4. The van der Waals surface area contributed by atoms with E-state index in [1.165, 1.54) is 0 Å². The Balaban J connectivity index is 1.45. The second-order valence-electron chi connectivity index (χ2n) is 16.9. The van der Waals surface area contributed by atoms with Gasteiger partial charge in [-0.25, -0.2) is 4.79 Å². The van der Waals surface area contributed by atoms with E-state index in [-0.39, 0.29) is 0 Å². The summed E-state index contributed by atoms with van der Waals surface area (Å²) in [5, 5.41) is 194. The molecule has 0 aliphatic carbocycles. The van der Waals surface area contributed by atoms with Gasteiger partial charge in [-0.05, 0) is 0 Å². The summed E-state index contributed by atoms with van der Waals surface area (Å²) in [6.07, 6.45) is -48.3. The lowest BCUT2D eigenvalue weighted by Gasteiger charge is -2.51. The molecule has 0 bridgehead atoms. The van der Waals surface area contributed by atoms with Crippen molar-refractivity contribution >= 4 is 17.8 Å². The molecule has 20 N–H and O–H groups in total. The Bertz CT molecular complexity index is 1670. The number of aliphatic hydroxyl groups excluding tert-OH is 17. The molecule has 400 valence electrons. The van der Waals surface area contributed by atoms with E-state index >= 15 is 0 Å². The van der Waals surface area contributed by atoms with Gasteiger partial charge in [-0.3, -0.25) is 9.59 Å². The van der Waals surface area contributed by atoms with Gasteiger partial charge in [0.25, 0.3) is 5.79 Å². The van der Waals surface area contributed by atoms with Crippen LogP contribution in [-0.4, -0.2) is 308 Å². The Morgan fingerprint density at radius 2 is 1.09 bits per heavy atom. The molecule has 0 aromatic rings. The first kappa shape index (κ1) is 57.3. The van der Waals surface area contributed by atoms with Crippen LogP contribution < -0.4 is 10.6 Å². The van der Waals surface area contributed by atoms with Crippen LogP contribution >= 0.6 is 0 Å². The second kappa shape index (κ2) is 24.4. The van der Waals surface area contributed by atoms with Crippen LogP contribution in [0.25, 0.3) is 0 Å². The number of carboxylic acid groups (broad SMARTS) is 1. The maximum Gasteiger partial charge on any atom is 0.364 e. The first-order valence-electron chi connectivity index (χ1n) is 21.4. The Hall–Kier alpha value is -2.63. The molecule has 69 heavy (non-hydrogen) atoms. The van der Waals surface area contributed by atoms with Crippen molar-refractivity contribution in [2.45, 2.75) is 172 Å². The van der Waals surface area contributed by atoms with Gasteiger partial charge in [-0.2, -0.15) is 0 Å². The molecule has 26 atom stereocenters. The van der Waals surface area contributed by atoms with Crippen LogP contribution in [0, 0.1) is 0 Å².